The molecule has 11 rings (SSSR count). The second-order valence-electron chi connectivity index (χ2n) is 12.7. The molecule has 0 bridgehead atoms. The minimum absolute atomic E-state index is 0.191. The molecule has 0 spiro atoms. The Hall–Kier alpha value is -6.56. The third kappa shape index (κ3) is 3.64. The molecule has 230 valence electrons. The van der Waals surface area contributed by atoms with Gasteiger partial charge in [0.1, 0.15) is 0 Å². The van der Waals surface area contributed by atoms with Crippen LogP contribution in [0.15, 0.2) is 138 Å². The van der Waals surface area contributed by atoms with Gasteiger partial charge in [-0.2, -0.15) is 0 Å². The van der Waals surface area contributed by atoms with Gasteiger partial charge in [0.2, 0.25) is 0 Å². The molecule has 0 aliphatic rings. The average Bonchev–Trinajstić information content (AvgIpc) is 3.91. The number of para-hydroxylation sites is 2. The van der Waals surface area contributed by atoms with Gasteiger partial charge in [-0.05, 0) is 0 Å². The molecule has 4 heterocycles. The molecule has 0 saturated carbocycles. The van der Waals surface area contributed by atoms with E-state index in [0.717, 1.165) is 71.5 Å². The minimum atomic E-state index is 0.191. The quantitative estimate of drug-likeness (QED) is 0.133. The zero-order valence-corrected chi connectivity index (χ0v) is 28.0. The number of nitriles is 1. The van der Waals surface area contributed by atoms with Crippen molar-refractivity contribution in [1.29, 1.82) is 5.26 Å². The molecule has 11 aromatic rings. The van der Waals surface area contributed by atoms with Crippen molar-refractivity contribution in [1.82, 2.24) is 9.13 Å². The molecule has 0 aliphatic carbocycles. The van der Waals surface area contributed by atoms with Crippen molar-refractivity contribution in [3.05, 3.63) is 150 Å². The predicted octanol–water partition coefficient (Wildman–Crippen LogP) is 11.6. The van der Waals surface area contributed by atoms with Crippen LogP contribution in [0.2, 0.25) is 0 Å². The Labute approximate surface area is 290 Å². The number of nitrogens with zero attached hydrogens (tertiary/aromatic N) is 4. The van der Waals surface area contributed by atoms with Gasteiger partial charge < -0.3 is 0 Å². The van der Waals surface area contributed by atoms with Crippen LogP contribution in [0.5, 0.6) is 0 Å². The van der Waals surface area contributed by atoms with Crippen LogP contribution < -0.4 is 0 Å². The molecule has 6 heteroatoms. The Morgan fingerprint density at radius 2 is 1.20 bits per heavy atom. The third-order valence-electron chi connectivity index (χ3n) is 10.1. The van der Waals surface area contributed by atoms with Crippen LogP contribution in [0.4, 0.5) is 5.69 Å². The Kier molecular flexibility index (Phi) is 5.47. The summed E-state index contributed by atoms with van der Waals surface area (Å²) in [6, 6.07) is 49.0. The normalized spacial score (nSPS) is 12.0. The summed E-state index contributed by atoms with van der Waals surface area (Å²) in [4.78, 5) is 3.69. The van der Waals surface area contributed by atoms with Gasteiger partial charge in [0.15, 0.2) is 0 Å². The van der Waals surface area contributed by atoms with Crippen molar-refractivity contribution >= 4 is 105 Å². The Bertz CT molecular complexity index is 3290. The van der Waals surface area contributed by atoms with Crippen molar-refractivity contribution in [2.45, 2.75) is 0 Å². The zero-order chi connectivity index (χ0) is 33.1. The van der Waals surface area contributed by atoms with Crippen LogP contribution in [-0.2, 0) is 0 Å². The molecule has 0 aliphatic heterocycles. The van der Waals surface area contributed by atoms with E-state index in [1.54, 1.807) is 0 Å². The molecule has 0 amide bonds. The molecule has 0 N–H and O–H groups in total. The van der Waals surface area contributed by atoms with E-state index in [4.69, 9.17) is 11.0 Å². The first-order valence-electron chi connectivity index (χ1n) is 16.3. The fourth-order valence-electron chi connectivity index (χ4n) is 7.97. The van der Waals surface area contributed by atoms with E-state index >= 15 is 0 Å². The number of hydrogen-bond donors (Lipinski definition) is 0. The van der Waals surface area contributed by atoms with Gasteiger partial charge in [-0.3, -0.25) is 0 Å². The summed E-state index contributed by atoms with van der Waals surface area (Å²) in [5.74, 6) is 0. The molecule has 0 unspecified atom stereocenters. The summed E-state index contributed by atoms with van der Waals surface area (Å²) >= 11 is 0.191. The number of aromatic nitrogens is 2. The zero-order valence-electron chi connectivity index (χ0n) is 26.3. The fraction of sp³-hybridized carbons (Fsp3) is 0. The molecular formula is C44H22N4OSe. The van der Waals surface area contributed by atoms with Gasteiger partial charge in [0.05, 0.1) is 0 Å². The van der Waals surface area contributed by atoms with Crippen molar-refractivity contribution < 1.29 is 4.42 Å². The van der Waals surface area contributed by atoms with Gasteiger partial charge in [-0.25, -0.2) is 0 Å². The summed E-state index contributed by atoms with van der Waals surface area (Å²) < 4.78 is 13.9. The van der Waals surface area contributed by atoms with E-state index in [2.05, 4.69) is 105 Å². The first-order valence-corrected chi connectivity index (χ1v) is 18.1. The van der Waals surface area contributed by atoms with E-state index in [1.165, 1.54) is 24.7 Å². The standard InChI is InChI=1S/C44H22N4OSe/c1-46-26-11-16-38-33(21-26)32-20-25(24-45)10-15-37(32)47(38)27-12-18-41-34(22-27)35-23-28(13-19-42(35)50-41)48-36-8-4-2-7-31(36)43-39(48)17-14-30-29-6-3-5-9-40(29)49-44(30)43/h2-23H. The molecule has 0 atom stereocenters. The van der Waals surface area contributed by atoms with E-state index in [9.17, 15) is 5.26 Å². The number of furan rings is 1. The molecule has 0 fully saturated rings. The first-order chi connectivity index (χ1) is 24.7. The predicted molar refractivity (Wildman–Crippen MR) is 205 cm³/mol. The van der Waals surface area contributed by atoms with Crippen LogP contribution in [0.25, 0.3) is 101 Å². The van der Waals surface area contributed by atoms with E-state index in [-0.39, 0.29) is 14.5 Å². The van der Waals surface area contributed by atoms with Crippen molar-refractivity contribution in [3.8, 4) is 17.4 Å². The summed E-state index contributed by atoms with van der Waals surface area (Å²) in [5, 5.41) is 18.7. The van der Waals surface area contributed by atoms with Crippen LogP contribution in [-0.4, -0.2) is 23.6 Å². The van der Waals surface area contributed by atoms with Gasteiger partial charge in [-0.15, -0.1) is 0 Å². The summed E-state index contributed by atoms with van der Waals surface area (Å²) in [6.07, 6.45) is 0. The van der Waals surface area contributed by atoms with E-state index < -0.39 is 0 Å². The second kappa shape index (κ2) is 9.98. The van der Waals surface area contributed by atoms with Crippen molar-refractivity contribution in [2.24, 2.45) is 0 Å². The Balaban J connectivity index is 1.16. The number of rotatable bonds is 2. The van der Waals surface area contributed by atoms with Crippen LogP contribution in [0.1, 0.15) is 5.56 Å². The van der Waals surface area contributed by atoms with Gasteiger partial charge in [0.25, 0.3) is 0 Å². The third-order valence-corrected chi connectivity index (χ3v) is 12.6. The molecule has 0 saturated heterocycles. The molecule has 4 aromatic heterocycles. The molecule has 50 heavy (non-hydrogen) atoms. The molecule has 0 radical (unpaired) electrons. The monoisotopic (exact) mass is 702 g/mol. The maximum absolute atomic E-state index is 9.67. The van der Waals surface area contributed by atoms with Crippen LogP contribution in [0, 0.1) is 17.9 Å². The Morgan fingerprint density at radius 3 is 1.96 bits per heavy atom. The average molecular weight is 702 g/mol. The second-order valence-corrected chi connectivity index (χ2v) is 15.0. The number of fused-ring (bicyclic) bond motifs is 13. The van der Waals surface area contributed by atoms with Crippen molar-refractivity contribution in [3.63, 3.8) is 0 Å². The molecule has 5 nitrogen and oxygen atoms in total. The summed E-state index contributed by atoms with van der Waals surface area (Å²) in [5.41, 5.74) is 9.49. The fourth-order valence-corrected chi connectivity index (χ4v) is 10.2. The van der Waals surface area contributed by atoms with Crippen LogP contribution in [0.3, 0.4) is 0 Å². The Morgan fingerprint density at radius 1 is 0.560 bits per heavy atom. The van der Waals surface area contributed by atoms with E-state index in [1.807, 2.05) is 48.5 Å². The van der Waals surface area contributed by atoms with E-state index in [0.29, 0.717) is 11.3 Å². The maximum atomic E-state index is 9.67. The van der Waals surface area contributed by atoms with Gasteiger partial charge >= 0.3 is 292 Å². The molecule has 7 aromatic carbocycles. The molecular weight excluding hydrogens is 679 g/mol. The number of hydrogen-bond acceptors (Lipinski definition) is 2. The van der Waals surface area contributed by atoms with Gasteiger partial charge in [0, 0.05) is 0 Å². The topological polar surface area (TPSA) is 51.1 Å². The summed E-state index contributed by atoms with van der Waals surface area (Å²) in [6.45, 7) is 7.61. The SMILES string of the molecule is [C-]#[N+]c1ccc2c(c1)c1cc(C#N)ccc1n2-c1ccc2[se]c3ccc(-n4c5ccccc5c5c6oc7ccccc7c6ccc54)cc3c2c1. The number of benzene rings is 7. The van der Waals surface area contributed by atoms with Crippen molar-refractivity contribution in [2.75, 3.05) is 0 Å². The summed E-state index contributed by atoms with van der Waals surface area (Å²) in [7, 11) is 0. The van der Waals surface area contributed by atoms with Crippen LogP contribution >= 0.6 is 0 Å². The first kappa shape index (κ1) is 27.4. The van der Waals surface area contributed by atoms with Gasteiger partial charge in [-0.1, -0.05) is 0 Å².